The predicted molar refractivity (Wildman–Crippen MR) is 116 cm³/mol. The molecule has 1 amide bonds. The molecule has 0 saturated heterocycles. The molecule has 0 saturated carbocycles. The van der Waals surface area contributed by atoms with Crippen LogP contribution in [-0.2, 0) is 14.8 Å². The standard InChI is InChI=1S/C19H23Cl2N3O3S/c1-14(19(25)22-11-12-23(2)15-7-5-4-6-8-15)24(28(3,26)27)16-9-10-17(20)18(21)13-16/h4-10,13-14H,11-12H2,1-3H3,(H,22,25)/t14-/m1/s1. The van der Waals surface area contributed by atoms with Gasteiger partial charge in [0.2, 0.25) is 15.9 Å². The number of hydrogen-bond acceptors (Lipinski definition) is 4. The summed E-state index contributed by atoms with van der Waals surface area (Å²) in [5, 5.41) is 3.30. The maximum atomic E-state index is 12.6. The molecule has 152 valence electrons. The highest BCUT2D eigenvalue weighted by Gasteiger charge is 2.29. The molecule has 0 aliphatic carbocycles. The van der Waals surface area contributed by atoms with E-state index in [0.717, 1.165) is 16.2 Å². The number of likely N-dealkylation sites (N-methyl/N-ethyl adjacent to an activating group) is 1. The molecule has 2 rings (SSSR count). The first kappa shape index (κ1) is 22.3. The normalized spacial score (nSPS) is 12.3. The van der Waals surface area contributed by atoms with Crippen molar-refractivity contribution < 1.29 is 13.2 Å². The summed E-state index contributed by atoms with van der Waals surface area (Å²) < 4.78 is 25.6. The maximum absolute atomic E-state index is 12.6. The molecule has 0 heterocycles. The van der Waals surface area contributed by atoms with Gasteiger partial charge < -0.3 is 10.2 Å². The smallest absolute Gasteiger partial charge is 0.243 e. The number of benzene rings is 2. The van der Waals surface area contributed by atoms with Crippen molar-refractivity contribution >= 4 is 50.5 Å². The summed E-state index contributed by atoms with van der Waals surface area (Å²) in [4.78, 5) is 14.6. The quantitative estimate of drug-likeness (QED) is 0.678. The zero-order chi connectivity index (χ0) is 20.9. The Kier molecular flexibility index (Phi) is 7.57. The number of rotatable bonds is 8. The minimum atomic E-state index is -3.72. The van der Waals surface area contributed by atoms with E-state index in [1.165, 1.54) is 25.1 Å². The summed E-state index contributed by atoms with van der Waals surface area (Å²) in [5.41, 5.74) is 1.30. The van der Waals surface area contributed by atoms with Crippen LogP contribution in [-0.4, -0.2) is 46.8 Å². The summed E-state index contributed by atoms with van der Waals surface area (Å²) in [7, 11) is -1.80. The first-order valence-electron chi connectivity index (χ1n) is 8.59. The van der Waals surface area contributed by atoms with Gasteiger partial charge in [-0.1, -0.05) is 41.4 Å². The third-order valence-corrected chi connectivity index (χ3v) is 6.17. The lowest BCUT2D eigenvalue weighted by Gasteiger charge is -2.29. The average molecular weight is 444 g/mol. The molecule has 0 spiro atoms. The number of nitrogens with one attached hydrogen (secondary N) is 1. The van der Waals surface area contributed by atoms with Gasteiger partial charge in [-0.15, -0.1) is 0 Å². The Morgan fingerprint density at radius 3 is 2.29 bits per heavy atom. The van der Waals surface area contributed by atoms with Crippen LogP contribution in [0, 0.1) is 0 Å². The molecule has 0 aliphatic rings. The second kappa shape index (κ2) is 9.49. The van der Waals surface area contributed by atoms with Crippen molar-refractivity contribution in [2.75, 3.05) is 35.6 Å². The second-order valence-corrected chi connectivity index (χ2v) is 9.06. The minimum Gasteiger partial charge on any atom is -0.373 e. The highest BCUT2D eigenvalue weighted by molar-refractivity contribution is 7.92. The van der Waals surface area contributed by atoms with E-state index in [4.69, 9.17) is 23.2 Å². The van der Waals surface area contributed by atoms with Gasteiger partial charge in [-0.25, -0.2) is 8.42 Å². The van der Waals surface area contributed by atoms with E-state index in [1.54, 1.807) is 0 Å². The fourth-order valence-electron chi connectivity index (χ4n) is 2.74. The summed E-state index contributed by atoms with van der Waals surface area (Å²) in [6, 6.07) is 13.2. The Bertz CT molecular complexity index is 923. The molecule has 0 aromatic heterocycles. The zero-order valence-corrected chi connectivity index (χ0v) is 18.2. The van der Waals surface area contributed by atoms with E-state index >= 15 is 0 Å². The first-order valence-corrected chi connectivity index (χ1v) is 11.2. The lowest BCUT2D eigenvalue weighted by Crippen LogP contribution is -2.49. The molecule has 0 aliphatic heterocycles. The Balaban J connectivity index is 2.06. The van der Waals surface area contributed by atoms with E-state index < -0.39 is 22.0 Å². The molecule has 1 atom stereocenters. The molecule has 0 bridgehead atoms. The number of hydrogen-bond donors (Lipinski definition) is 1. The lowest BCUT2D eigenvalue weighted by atomic mass is 10.2. The number of para-hydroxylation sites is 1. The number of anilines is 2. The van der Waals surface area contributed by atoms with Crippen molar-refractivity contribution in [3.05, 3.63) is 58.6 Å². The van der Waals surface area contributed by atoms with Crippen LogP contribution in [0.25, 0.3) is 0 Å². The number of nitrogens with zero attached hydrogens (tertiary/aromatic N) is 2. The SMILES string of the molecule is C[C@H](C(=O)NCCN(C)c1ccccc1)N(c1ccc(Cl)c(Cl)c1)S(C)(=O)=O. The predicted octanol–water partition coefficient (Wildman–Crippen LogP) is 3.40. The highest BCUT2D eigenvalue weighted by Crippen LogP contribution is 2.29. The third kappa shape index (κ3) is 5.77. The van der Waals surface area contributed by atoms with Crippen molar-refractivity contribution in [1.29, 1.82) is 0 Å². The van der Waals surface area contributed by atoms with Crippen LogP contribution >= 0.6 is 23.2 Å². The van der Waals surface area contributed by atoms with E-state index in [0.29, 0.717) is 18.1 Å². The number of carbonyl (C=O) groups is 1. The van der Waals surface area contributed by atoms with Crippen LogP contribution < -0.4 is 14.5 Å². The molecular formula is C19H23Cl2N3O3S. The summed E-state index contributed by atoms with van der Waals surface area (Å²) in [6.45, 7) is 2.47. The largest absolute Gasteiger partial charge is 0.373 e. The van der Waals surface area contributed by atoms with Crippen molar-refractivity contribution in [3.8, 4) is 0 Å². The maximum Gasteiger partial charge on any atom is 0.243 e. The monoisotopic (exact) mass is 443 g/mol. The molecule has 1 N–H and O–H groups in total. The molecule has 6 nitrogen and oxygen atoms in total. The molecule has 0 unspecified atom stereocenters. The van der Waals surface area contributed by atoms with Gasteiger partial charge in [0, 0.05) is 25.8 Å². The van der Waals surface area contributed by atoms with E-state index in [9.17, 15) is 13.2 Å². The Hall–Kier alpha value is -1.96. The van der Waals surface area contributed by atoms with Crippen LogP contribution in [0.4, 0.5) is 11.4 Å². The summed E-state index contributed by atoms with van der Waals surface area (Å²) in [6.07, 6.45) is 1.04. The Labute approximate surface area is 176 Å². The van der Waals surface area contributed by atoms with E-state index in [1.807, 2.05) is 42.3 Å². The number of carbonyl (C=O) groups excluding carboxylic acids is 1. The fourth-order valence-corrected chi connectivity index (χ4v) is 4.20. The molecule has 0 radical (unpaired) electrons. The van der Waals surface area contributed by atoms with Gasteiger partial charge in [-0.05, 0) is 37.3 Å². The number of sulfonamides is 1. The van der Waals surface area contributed by atoms with Gasteiger partial charge >= 0.3 is 0 Å². The minimum absolute atomic E-state index is 0.213. The molecule has 28 heavy (non-hydrogen) atoms. The summed E-state index contributed by atoms with van der Waals surface area (Å²) >= 11 is 11.9. The van der Waals surface area contributed by atoms with Crippen LogP contribution in [0.5, 0.6) is 0 Å². The van der Waals surface area contributed by atoms with Gasteiger partial charge in [0.15, 0.2) is 0 Å². The number of amides is 1. The molecular weight excluding hydrogens is 421 g/mol. The van der Waals surface area contributed by atoms with Gasteiger partial charge in [-0.3, -0.25) is 9.10 Å². The van der Waals surface area contributed by atoms with Crippen LogP contribution in [0.2, 0.25) is 10.0 Å². The van der Waals surface area contributed by atoms with Crippen molar-refractivity contribution in [3.63, 3.8) is 0 Å². The second-order valence-electron chi connectivity index (χ2n) is 6.38. The van der Waals surface area contributed by atoms with Crippen LogP contribution in [0.3, 0.4) is 0 Å². The van der Waals surface area contributed by atoms with Crippen LogP contribution in [0.15, 0.2) is 48.5 Å². The summed E-state index contributed by atoms with van der Waals surface area (Å²) in [5.74, 6) is -0.405. The Morgan fingerprint density at radius 2 is 1.71 bits per heavy atom. The molecule has 9 heteroatoms. The van der Waals surface area contributed by atoms with Gasteiger partial charge in [0.25, 0.3) is 0 Å². The highest BCUT2D eigenvalue weighted by atomic mass is 35.5. The zero-order valence-electron chi connectivity index (χ0n) is 15.9. The van der Waals surface area contributed by atoms with Crippen molar-refractivity contribution in [1.82, 2.24) is 5.32 Å². The first-order chi connectivity index (χ1) is 13.1. The molecule has 2 aromatic rings. The van der Waals surface area contributed by atoms with Gasteiger partial charge in [0.05, 0.1) is 22.0 Å². The third-order valence-electron chi connectivity index (χ3n) is 4.19. The topological polar surface area (TPSA) is 69.7 Å². The van der Waals surface area contributed by atoms with E-state index in [2.05, 4.69) is 5.32 Å². The van der Waals surface area contributed by atoms with Gasteiger partial charge in [-0.2, -0.15) is 0 Å². The number of halogens is 2. The van der Waals surface area contributed by atoms with Crippen LogP contribution in [0.1, 0.15) is 6.92 Å². The average Bonchev–Trinajstić information content (AvgIpc) is 2.64. The van der Waals surface area contributed by atoms with Gasteiger partial charge in [0.1, 0.15) is 6.04 Å². The van der Waals surface area contributed by atoms with Crippen molar-refractivity contribution in [2.45, 2.75) is 13.0 Å². The Morgan fingerprint density at radius 1 is 1.07 bits per heavy atom. The fraction of sp³-hybridized carbons (Fsp3) is 0.316. The lowest BCUT2D eigenvalue weighted by molar-refractivity contribution is -0.121. The van der Waals surface area contributed by atoms with Crippen molar-refractivity contribution in [2.24, 2.45) is 0 Å². The molecule has 0 fully saturated rings. The van der Waals surface area contributed by atoms with E-state index in [-0.39, 0.29) is 10.7 Å². The molecule has 2 aromatic carbocycles.